The summed E-state index contributed by atoms with van der Waals surface area (Å²) in [5, 5.41) is 3.67. The number of aromatic nitrogens is 1. The van der Waals surface area contributed by atoms with E-state index in [1.54, 1.807) is 6.20 Å². The zero-order chi connectivity index (χ0) is 16.7. The molecule has 130 valence electrons. The second kappa shape index (κ2) is 6.33. The second-order valence-corrected chi connectivity index (χ2v) is 8.91. The van der Waals surface area contributed by atoms with E-state index in [-0.39, 0.29) is 5.91 Å². The molecule has 4 heteroatoms. The number of hydrogen-bond donors (Lipinski definition) is 1. The van der Waals surface area contributed by atoms with Crippen LogP contribution in [0.2, 0.25) is 5.02 Å². The minimum atomic E-state index is -0.0319. The molecule has 24 heavy (non-hydrogen) atoms. The van der Waals surface area contributed by atoms with E-state index >= 15 is 0 Å². The number of halogens is 1. The van der Waals surface area contributed by atoms with Gasteiger partial charge in [0.05, 0.1) is 10.6 Å². The van der Waals surface area contributed by atoms with Crippen molar-refractivity contribution in [3.8, 4) is 0 Å². The third kappa shape index (κ3) is 3.08. The lowest BCUT2D eigenvalue weighted by molar-refractivity contribution is -0.0503. The predicted octanol–water partition coefficient (Wildman–Crippen LogP) is 4.63. The molecule has 0 saturated heterocycles. The highest BCUT2D eigenvalue weighted by Crippen LogP contribution is 2.59. The van der Waals surface area contributed by atoms with Crippen LogP contribution in [0.1, 0.15) is 67.9 Å². The molecule has 4 aliphatic carbocycles. The summed E-state index contributed by atoms with van der Waals surface area (Å²) in [6, 6.07) is 1.86. The maximum absolute atomic E-state index is 12.7. The van der Waals surface area contributed by atoms with E-state index in [9.17, 15) is 4.79 Å². The van der Waals surface area contributed by atoms with Crippen LogP contribution in [-0.2, 0) is 6.42 Å². The van der Waals surface area contributed by atoms with Crippen molar-refractivity contribution in [3.63, 3.8) is 0 Å². The fourth-order valence-corrected chi connectivity index (χ4v) is 6.11. The summed E-state index contributed by atoms with van der Waals surface area (Å²) in [6.07, 6.45) is 11.7. The van der Waals surface area contributed by atoms with Crippen LogP contribution < -0.4 is 5.32 Å². The number of amides is 1. The Hall–Kier alpha value is -1.09. The van der Waals surface area contributed by atoms with E-state index < -0.39 is 0 Å². The molecule has 0 unspecified atom stereocenters. The molecule has 5 rings (SSSR count). The molecule has 3 nitrogen and oxygen atoms in total. The quantitative estimate of drug-likeness (QED) is 0.844. The molecule has 0 aromatic carbocycles. The Bertz CT molecular complexity index is 607. The third-order valence-corrected chi connectivity index (χ3v) is 6.75. The molecule has 0 spiro atoms. The van der Waals surface area contributed by atoms with Crippen molar-refractivity contribution in [2.24, 2.45) is 23.2 Å². The molecular formula is C20H27ClN2O. The van der Waals surface area contributed by atoms with Gasteiger partial charge in [0.2, 0.25) is 0 Å². The Morgan fingerprint density at radius 1 is 1.25 bits per heavy atom. The van der Waals surface area contributed by atoms with Gasteiger partial charge in [-0.3, -0.25) is 9.78 Å². The van der Waals surface area contributed by atoms with Crippen LogP contribution >= 0.6 is 11.6 Å². The molecule has 1 aromatic rings. The smallest absolute Gasteiger partial charge is 0.252 e. The molecule has 4 saturated carbocycles. The second-order valence-electron chi connectivity index (χ2n) is 8.51. The first-order chi connectivity index (χ1) is 11.6. The molecule has 0 aliphatic heterocycles. The standard InChI is InChI=1S/C20H27ClN2O/c1-2-3-16-7-17(18(21)11-22-16)19(24)23-12-20-8-13-4-14(9-20)6-15(5-13)10-20/h7,11,13-15H,2-6,8-10,12H2,1H3,(H,23,24). The molecule has 1 heterocycles. The highest BCUT2D eigenvalue weighted by Gasteiger charge is 2.50. The summed E-state index contributed by atoms with van der Waals surface area (Å²) in [7, 11) is 0. The van der Waals surface area contributed by atoms with Crippen molar-refractivity contribution in [2.75, 3.05) is 6.54 Å². The van der Waals surface area contributed by atoms with Crippen LogP contribution in [0.3, 0.4) is 0 Å². The van der Waals surface area contributed by atoms with E-state index in [1.807, 2.05) is 6.07 Å². The highest BCUT2D eigenvalue weighted by atomic mass is 35.5. The molecule has 1 amide bonds. The third-order valence-electron chi connectivity index (χ3n) is 6.45. The Balaban J connectivity index is 1.44. The van der Waals surface area contributed by atoms with Gasteiger partial charge >= 0.3 is 0 Å². The average molecular weight is 347 g/mol. The number of carbonyl (C=O) groups is 1. The molecule has 4 bridgehead atoms. The molecule has 1 N–H and O–H groups in total. The summed E-state index contributed by atoms with van der Waals surface area (Å²) in [5.74, 6) is 2.70. The van der Waals surface area contributed by atoms with Crippen molar-refractivity contribution < 1.29 is 4.79 Å². The zero-order valence-electron chi connectivity index (χ0n) is 14.5. The van der Waals surface area contributed by atoms with Gasteiger partial charge in [0, 0.05) is 18.4 Å². The topological polar surface area (TPSA) is 42.0 Å². The minimum absolute atomic E-state index is 0.0319. The Morgan fingerprint density at radius 2 is 1.88 bits per heavy atom. The average Bonchev–Trinajstić information content (AvgIpc) is 2.53. The maximum atomic E-state index is 12.7. The van der Waals surface area contributed by atoms with Gasteiger partial charge in [-0.05, 0) is 74.2 Å². The number of carbonyl (C=O) groups excluding carboxylic acids is 1. The predicted molar refractivity (Wildman–Crippen MR) is 96.2 cm³/mol. The van der Waals surface area contributed by atoms with Crippen molar-refractivity contribution in [3.05, 3.63) is 28.5 Å². The van der Waals surface area contributed by atoms with Crippen molar-refractivity contribution in [2.45, 2.75) is 58.3 Å². The molecule has 4 aliphatic rings. The van der Waals surface area contributed by atoms with Gasteiger partial charge in [-0.15, -0.1) is 0 Å². The van der Waals surface area contributed by atoms with Crippen LogP contribution in [0.25, 0.3) is 0 Å². The van der Waals surface area contributed by atoms with E-state index in [4.69, 9.17) is 11.6 Å². The lowest BCUT2D eigenvalue weighted by Crippen LogP contribution is -2.51. The fraction of sp³-hybridized carbons (Fsp3) is 0.700. The van der Waals surface area contributed by atoms with Gasteiger partial charge in [0.25, 0.3) is 5.91 Å². The van der Waals surface area contributed by atoms with Crippen LogP contribution in [0.15, 0.2) is 12.3 Å². The van der Waals surface area contributed by atoms with E-state index in [0.717, 1.165) is 42.8 Å². The first kappa shape index (κ1) is 16.4. The highest BCUT2D eigenvalue weighted by molar-refractivity contribution is 6.33. The normalized spacial score (nSPS) is 33.7. The number of nitrogens with zero attached hydrogens (tertiary/aromatic N) is 1. The van der Waals surface area contributed by atoms with E-state index in [0.29, 0.717) is 16.0 Å². The SMILES string of the molecule is CCCc1cc(C(=O)NCC23CC4CC(CC(C4)C2)C3)c(Cl)cn1. The number of aryl methyl sites for hydroxylation is 1. The number of pyridine rings is 1. The van der Waals surface area contributed by atoms with Crippen molar-refractivity contribution >= 4 is 17.5 Å². The number of rotatable bonds is 5. The van der Waals surface area contributed by atoms with Crippen molar-refractivity contribution in [1.29, 1.82) is 0 Å². The lowest BCUT2D eigenvalue weighted by atomic mass is 9.49. The fourth-order valence-electron chi connectivity index (χ4n) is 5.92. The summed E-state index contributed by atoms with van der Waals surface area (Å²) in [5.41, 5.74) is 1.89. The summed E-state index contributed by atoms with van der Waals surface area (Å²) < 4.78 is 0. The Morgan fingerprint density at radius 3 is 2.46 bits per heavy atom. The van der Waals surface area contributed by atoms with Gasteiger partial charge in [-0.2, -0.15) is 0 Å². The minimum Gasteiger partial charge on any atom is -0.351 e. The number of nitrogens with one attached hydrogen (secondary N) is 1. The van der Waals surface area contributed by atoms with Gasteiger partial charge in [-0.25, -0.2) is 0 Å². The Labute approximate surface area is 149 Å². The molecular weight excluding hydrogens is 320 g/mol. The summed E-state index contributed by atoms with van der Waals surface area (Å²) >= 11 is 6.22. The summed E-state index contributed by atoms with van der Waals surface area (Å²) in [4.78, 5) is 17.0. The number of hydrogen-bond acceptors (Lipinski definition) is 2. The van der Waals surface area contributed by atoms with Crippen LogP contribution in [0.4, 0.5) is 0 Å². The Kier molecular flexibility index (Phi) is 4.32. The van der Waals surface area contributed by atoms with Gasteiger partial charge in [0.1, 0.15) is 0 Å². The van der Waals surface area contributed by atoms with Crippen LogP contribution in [0, 0.1) is 23.2 Å². The zero-order valence-corrected chi connectivity index (χ0v) is 15.2. The molecule has 4 fully saturated rings. The first-order valence-electron chi connectivity index (χ1n) is 9.49. The van der Waals surface area contributed by atoms with Gasteiger partial charge < -0.3 is 5.32 Å². The van der Waals surface area contributed by atoms with Gasteiger partial charge in [0.15, 0.2) is 0 Å². The monoisotopic (exact) mass is 346 g/mol. The van der Waals surface area contributed by atoms with E-state index in [1.165, 1.54) is 38.5 Å². The van der Waals surface area contributed by atoms with E-state index in [2.05, 4.69) is 17.2 Å². The summed E-state index contributed by atoms with van der Waals surface area (Å²) in [6.45, 7) is 2.93. The lowest BCUT2D eigenvalue weighted by Gasteiger charge is -2.56. The molecule has 1 aromatic heterocycles. The van der Waals surface area contributed by atoms with Gasteiger partial charge in [-0.1, -0.05) is 24.9 Å². The maximum Gasteiger partial charge on any atom is 0.252 e. The first-order valence-corrected chi connectivity index (χ1v) is 9.87. The molecule has 0 atom stereocenters. The van der Waals surface area contributed by atoms with Crippen molar-refractivity contribution in [1.82, 2.24) is 10.3 Å². The largest absolute Gasteiger partial charge is 0.351 e. The van der Waals surface area contributed by atoms with Crippen LogP contribution in [-0.4, -0.2) is 17.4 Å². The molecule has 0 radical (unpaired) electrons. The van der Waals surface area contributed by atoms with Crippen LogP contribution in [0.5, 0.6) is 0 Å².